The maximum absolute atomic E-state index is 13.1. The van der Waals surface area contributed by atoms with Crippen LogP contribution in [0, 0.1) is 0 Å². The minimum atomic E-state index is -3.71. The van der Waals surface area contributed by atoms with Crippen molar-refractivity contribution >= 4 is 38.5 Å². The summed E-state index contributed by atoms with van der Waals surface area (Å²) in [5, 5.41) is 9.13. The van der Waals surface area contributed by atoms with Crippen LogP contribution in [-0.2, 0) is 10.0 Å². The molecule has 0 radical (unpaired) electrons. The van der Waals surface area contributed by atoms with Gasteiger partial charge in [-0.05, 0) is 34.0 Å². The Labute approximate surface area is 171 Å². The number of nitrogens with zero attached hydrogens (tertiary/aromatic N) is 2. The van der Waals surface area contributed by atoms with Crippen molar-refractivity contribution in [3.05, 3.63) is 77.9 Å². The van der Waals surface area contributed by atoms with Gasteiger partial charge in [-0.25, -0.2) is 18.2 Å². The molecule has 1 heterocycles. The highest BCUT2D eigenvalue weighted by molar-refractivity contribution is 7.99. The molecule has 4 aromatic rings. The SMILES string of the molecule is Nc1nc(S[C@H]2c3cccc4cccc(c34)[C@@H]2NS(=O)(=O)c2ccccc2)n[nH]1. The molecule has 0 spiro atoms. The van der Waals surface area contributed by atoms with Gasteiger partial charge < -0.3 is 5.73 Å². The first-order valence-corrected chi connectivity index (χ1v) is 11.3. The maximum Gasteiger partial charge on any atom is 0.241 e. The first kappa shape index (κ1) is 18.2. The molecule has 4 N–H and O–H groups in total. The zero-order chi connectivity index (χ0) is 20.0. The predicted octanol–water partition coefficient (Wildman–Crippen LogP) is 3.41. The van der Waals surface area contributed by atoms with E-state index in [1.807, 2.05) is 36.4 Å². The van der Waals surface area contributed by atoms with Gasteiger partial charge in [0.15, 0.2) is 0 Å². The summed E-state index contributed by atoms with van der Waals surface area (Å²) in [5.74, 6) is 0.225. The lowest BCUT2D eigenvalue weighted by Gasteiger charge is -2.21. The van der Waals surface area contributed by atoms with E-state index in [2.05, 4.69) is 19.9 Å². The van der Waals surface area contributed by atoms with E-state index in [9.17, 15) is 8.42 Å². The predicted molar refractivity (Wildman–Crippen MR) is 113 cm³/mol. The highest BCUT2D eigenvalue weighted by Gasteiger charge is 2.38. The summed E-state index contributed by atoms with van der Waals surface area (Å²) in [6.45, 7) is 0. The molecule has 0 unspecified atom stereocenters. The average molecular weight is 424 g/mol. The third-order valence-corrected chi connectivity index (χ3v) is 7.59. The third-order valence-electron chi connectivity index (χ3n) is 4.96. The fraction of sp³-hybridized carbons (Fsp3) is 0.100. The second-order valence-corrected chi connectivity index (χ2v) is 9.57. The van der Waals surface area contributed by atoms with Crippen LogP contribution >= 0.6 is 11.8 Å². The molecule has 2 atom stereocenters. The van der Waals surface area contributed by atoms with Crippen molar-refractivity contribution in [1.82, 2.24) is 19.9 Å². The molecular weight excluding hydrogens is 406 g/mol. The van der Waals surface area contributed by atoms with Crippen LogP contribution in [0.1, 0.15) is 22.4 Å². The first-order valence-electron chi connectivity index (χ1n) is 8.96. The summed E-state index contributed by atoms with van der Waals surface area (Å²) >= 11 is 1.39. The third kappa shape index (κ3) is 3.17. The Balaban J connectivity index is 1.61. The van der Waals surface area contributed by atoms with Crippen molar-refractivity contribution in [2.45, 2.75) is 21.3 Å². The molecule has 29 heavy (non-hydrogen) atoms. The van der Waals surface area contributed by atoms with Crippen molar-refractivity contribution in [3.8, 4) is 0 Å². The van der Waals surface area contributed by atoms with Crippen LogP contribution in [0.5, 0.6) is 0 Å². The van der Waals surface area contributed by atoms with E-state index >= 15 is 0 Å². The Hall–Kier alpha value is -2.88. The number of benzene rings is 3. The largest absolute Gasteiger partial charge is 0.368 e. The summed E-state index contributed by atoms with van der Waals surface area (Å²) in [6, 6.07) is 19.9. The normalized spacial score (nSPS) is 18.3. The summed E-state index contributed by atoms with van der Waals surface area (Å²) in [5.41, 5.74) is 7.66. The zero-order valence-corrected chi connectivity index (χ0v) is 16.7. The monoisotopic (exact) mass is 423 g/mol. The molecule has 5 rings (SSSR count). The molecule has 7 nitrogen and oxygen atoms in total. The molecule has 1 aromatic heterocycles. The van der Waals surface area contributed by atoms with Gasteiger partial charge in [-0.15, -0.1) is 5.10 Å². The number of nitrogen functional groups attached to an aromatic ring is 1. The van der Waals surface area contributed by atoms with E-state index in [1.54, 1.807) is 30.3 Å². The molecule has 0 amide bonds. The summed E-state index contributed by atoms with van der Waals surface area (Å²) < 4.78 is 29.1. The van der Waals surface area contributed by atoms with Crippen LogP contribution in [-0.4, -0.2) is 23.6 Å². The lowest BCUT2D eigenvalue weighted by atomic mass is 10.1. The number of thioether (sulfide) groups is 1. The number of anilines is 1. The van der Waals surface area contributed by atoms with Gasteiger partial charge in [0.2, 0.25) is 21.1 Å². The molecule has 0 aliphatic heterocycles. The molecule has 0 fully saturated rings. The molecular formula is C20H17N5O2S2. The van der Waals surface area contributed by atoms with Gasteiger partial charge in [0.25, 0.3) is 0 Å². The van der Waals surface area contributed by atoms with Crippen LogP contribution in [0.2, 0.25) is 0 Å². The lowest BCUT2D eigenvalue weighted by Crippen LogP contribution is -2.30. The number of aromatic amines is 1. The smallest absolute Gasteiger partial charge is 0.241 e. The van der Waals surface area contributed by atoms with E-state index in [-0.39, 0.29) is 16.1 Å². The van der Waals surface area contributed by atoms with E-state index in [1.165, 1.54) is 11.8 Å². The Morgan fingerprint density at radius 1 is 0.966 bits per heavy atom. The number of nitrogens with one attached hydrogen (secondary N) is 2. The van der Waals surface area contributed by atoms with E-state index in [0.29, 0.717) is 5.16 Å². The highest BCUT2D eigenvalue weighted by atomic mass is 32.2. The van der Waals surface area contributed by atoms with Crippen LogP contribution in [0.3, 0.4) is 0 Å². The molecule has 0 saturated heterocycles. The van der Waals surface area contributed by atoms with Crippen LogP contribution in [0.15, 0.2) is 76.8 Å². The van der Waals surface area contributed by atoms with Gasteiger partial charge >= 0.3 is 0 Å². The van der Waals surface area contributed by atoms with Gasteiger partial charge in [-0.3, -0.25) is 0 Å². The number of nitrogens with two attached hydrogens (primary N) is 1. The van der Waals surface area contributed by atoms with E-state index < -0.39 is 16.1 Å². The topological polar surface area (TPSA) is 114 Å². The standard InChI is InChI=1S/C20H17N5O2S2/c21-19-22-20(24-23-19)28-18-15-11-5-7-12-6-4-10-14(16(12)15)17(18)25-29(26,27)13-8-2-1-3-9-13/h1-11,17-18,25H,(H3,21,22,23,24)/t17-,18-/m0/s1. The highest BCUT2D eigenvalue weighted by Crippen LogP contribution is 2.52. The Morgan fingerprint density at radius 3 is 2.38 bits per heavy atom. The number of sulfonamides is 1. The van der Waals surface area contributed by atoms with E-state index in [4.69, 9.17) is 5.73 Å². The number of hydrogen-bond acceptors (Lipinski definition) is 6. The molecule has 146 valence electrons. The van der Waals surface area contributed by atoms with Crippen molar-refractivity contribution in [3.63, 3.8) is 0 Å². The second kappa shape index (κ2) is 6.87. The van der Waals surface area contributed by atoms with Crippen molar-refractivity contribution < 1.29 is 8.42 Å². The number of hydrogen-bond donors (Lipinski definition) is 3. The first-order chi connectivity index (χ1) is 14.0. The second-order valence-electron chi connectivity index (χ2n) is 6.75. The van der Waals surface area contributed by atoms with Crippen molar-refractivity contribution in [2.24, 2.45) is 0 Å². The number of rotatable bonds is 5. The van der Waals surface area contributed by atoms with Gasteiger partial charge in [0.05, 0.1) is 16.2 Å². The van der Waals surface area contributed by atoms with Crippen molar-refractivity contribution in [1.29, 1.82) is 0 Å². The molecule has 9 heteroatoms. The number of aromatic nitrogens is 3. The van der Waals surface area contributed by atoms with Crippen LogP contribution in [0.4, 0.5) is 5.95 Å². The Kier molecular flexibility index (Phi) is 4.30. The maximum atomic E-state index is 13.1. The fourth-order valence-electron chi connectivity index (χ4n) is 3.75. The summed E-state index contributed by atoms with van der Waals surface area (Å²) in [4.78, 5) is 4.42. The minimum Gasteiger partial charge on any atom is -0.368 e. The van der Waals surface area contributed by atoms with Crippen molar-refractivity contribution in [2.75, 3.05) is 5.73 Å². The van der Waals surface area contributed by atoms with E-state index in [0.717, 1.165) is 21.9 Å². The Bertz CT molecular complexity index is 1300. The lowest BCUT2D eigenvalue weighted by molar-refractivity contribution is 0.557. The Morgan fingerprint density at radius 2 is 1.69 bits per heavy atom. The zero-order valence-electron chi connectivity index (χ0n) is 15.1. The molecule has 0 bridgehead atoms. The minimum absolute atomic E-state index is 0.225. The summed E-state index contributed by atoms with van der Waals surface area (Å²) in [7, 11) is -3.71. The molecule has 1 aliphatic carbocycles. The average Bonchev–Trinajstić information content (AvgIpc) is 3.27. The van der Waals surface area contributed by atoms with Crippen LogP contribution in [0.25, 0.3) is 10.8 Å². The molecule has 0 saturated carbocycles. The fourth-order valence-corrected chi connectivity index (χ4v) is 6.24. The molecule has 1 aliphatic rings. The summed E-state index contributed by atoms with van der Waals surface area (Å²) in [6.07, 6.45) is 0. The van der Waals surface area contributed by atoms with Gasteiger partial charge in [-0.2, -0.15) is 4.98 Å². The molecule has 3 aromatic carbocycles. The van der Waals surface area contributed by atoms with Gasteiger partial charge in [0.1, 0.15) is 0 Å². The quantitative estimate of drug-likeness (QED) is 0.453. The van der Waals surface area contributed by atoms with Crippen LogP contribution < -0.4 is 10.5 Å². The van der Waals surface area contributed by atoms with Gasteiger partial charge in [-0.1, -0.05) is 66.4 Å². The number of H-pyrrole nitrogens is 1. The van der Waals surface area contributed by atoms with Gasteiger partial charge in [0, 0.05) is 0 Å².